The molecule has 1 saturated heterocycles. The van der Waals surface area contributed by atoms with E-state index in [1.165, 1.54) is 4.90 Å². The van der Waals surface area contributed by atoms with E-state index in [4.69, 9.17) is 0 Å². The molecule has 1 saturated carbocycles. The summed E-state index contributed by atoms with van der Waals surface area (Å²) in [6.07, 6.45) is 2.43. The molecule has 1 aromatic carbocycles. The zero-order valence-corrected chi connectivity index (χ0v) is 15.2. The quantitative estimate of drug-likeness (QED) is 0.857. The molecule has 2 fully saturated rings. The van der Waals surface area contributed by atoms with E-state index in [2.05, 4.69) is 5.32 Å². The fourth-order valence-electron chi connectivity index (χ4n) is 4.16. The van der Waals surface area contributed by atoms with Crippen molar-refractivity contribution >= 4 is 17.9 Å². The summed E-state index contributed by atoms with van der Waals surface area (Å²) >= 11 is 0. The van der Waals surface area contributed by atoms with E-state index in [0.717, 1.165) is 18.4 Å². The fraction of sp³-hybridized carbons (Fsp3) is 0.526. The van der Waals surface area contributed by atoms with Gasteiger partial charge in [-0.15, -0.1) is 0 Å². The fourth-order valence-corrected chi connectivity index (χ4v) is 4.16. The maximum Gasteiger partial charge on any atom is 0.317 e. The molecular formula is C19H25N3O4. The van der Waals surface area contributed by atoms with Crippen LogP contribution in [0.1, 0.15) is 35.2 Å². The number of hydrogen-bond acceptors (Lipinski definition) is 3. The second-order valence-electron chi connectivity index (χ2n) is 7.49. The Morgan fingerprint density at radius 3 is 2.77 bits per heavy atom. The largest absolute Gasteiger partial charge is 0.481 e. The number of aliphatic carboxylic acids is 1. The molecule has 7 heteroatoms. The first-order valence-corrected chi connectivity index (χ1v) is 8.90. The van der Waals surface area contributed by atoms with Crippen molar-refractivity contribution in [3.8, 4) is 0 Å². The van der Waals surface area contributed by atoms with Gasteiger partial charge in [0.1, 0.15) is 0 Å². The number of carboxylic acids is 1. The minimum absolute atomic E-state index is 0.0480. The van der Waals surface area contributed by atoms with Crippen LogP contribution in [0.4, 0.5) is 4.79 Å². The third-order valence-electron chi connectivity index (χ3n) is 5.61. The Hall–Kier alpha value is -2.57. The van der Waals surface area contributed by atoms with Crippen molar-refractivity contribution in [1.29, 1.82) is 0 Å². The van der Waals surface area contributed by atoms with Crippen molar-refractivity contribution in [1.82, 2.24) is 15.1 Å². The summed E-state index contributed by atoms with van der Waals surface area (Å²) in [7, 11) is 3.39. The van der Waals surface area contributed by atoms with Crippen LogP contribution in [0.3, 0.4) is 0 Å². The summed E-state index contributed by atoms with van der Waals surface area (Å²) in [5.41, 5.74) is 0.635. The topological polar surface area (TPSA) is 90.0 Å². The van der Waals surface area contributed by atoms with Crippen LogP contribution in [0, 0.1) is 11.3 Å². The second-order valence-corrected chi connectivity index (χ2v) is 7.49. The van der Waals surface area contributed by atoms with Gasteiger partial charge < -0.3 is 20.2 Å². The van der Waals surface area contributed by atoms with Crippen LogP contribution < -0.4 is 5.32 Å². The molecule has 0 unspecified atom stereocenters. The van der Waals surface area contributed by atoms with E-state index in [1.54, 1.807) is 37.2 Å². The Bertz CT molecular complexity index is 733. The molecule has 7 nitrogen and oxygen atoms in total. The van der Waals surface area contributed by atoms with Gasteiger partial charge in [-0.05, 0) is 36.5 Å². The normalized spacial score (nSPS) is 24.2. The number of benzene rings is 1. The van der Waals surface area contributed by atoms with Gasteiger partial charge in [0, 0.05) is 39.3 Å². The van der Waals surface area contributed by atoms with E-state index >= 15 is 0 Å². The minimum Gasteiger partial charge on any atom is -0.481 e. The van der Waals surface area contributed by atoms with Crippen LogP contribution in [-0.4, -0.2) is 60.0 Å². The van der Waals surface area contributed by atoms with Gasteiger partial charge in [-0.3, -0.25) is 9.59 Å². The molecule has 0 radical (unpaired) electrons. The lowest BCUT2D eigenvalue weighted by molar-refractivity contribution is -0.149. The molecule has 1 aliphatic carbocycles. The van der Waals surface area contributed by atoms with Crippen molar-refractivity contribution in [2.75, 3.05) is 27.2 Å². The van der Waals surface area contributed by atoms with E-state index < -0.39 is 11.4 Å². The number of fused-ring (bicyclic) bond motifs is 1. The third kappa shape index (κ3) is 3.25. The smallest absolute Gasteiger partial charge is 0.317 e. The number of rotatable bonds is 4. The van der Waals surface area contributed by atoms with Crippen molar-refractivity contribution in [2.24, 2.45) is 11.3 Å². The Labute approximate surface area is 153 Å². The van der Waals surface area contributed by atoms with Gasteiger partial charge >= 0.3 is 12.0 Å². The highest BCUT2D eigenvalue weighted by atomic mass is 16.4. The molecule has 3 amide bonds. The van der Waals surface area contributed by atoms with Crippen LogP contribution in [0.5, 0.6) is 0 Å². The predicted molar refractivity (Wildman–Crippen MR) is 95.7 cm³/mol. The van der Waals surface area contributed by atoms with Crippen LogP contribution in [0.25, 0.3) is 0 Å². The first-order valence-electron chi connectivity index (χ1n) is 8.90. The standard InChI is InChI=1S/C19H25N3O4/c1-21(2)16(23)14-6-3-5-13(9-14)10-20-18(26)22-11-15-7-4-8-19(15,12-22)17(24)25/h3,5-6,9,15H,4,7-8,10-12H2,1-2H3,(H,20,26)(H,24,25)/t15-,19+/m0/s1. The van der Waals surface area contributed by atoms with Crippen molar-refractivity contribution in [3.05, 3.63) is 35.4 Å². The van der Waals surface area contributed by atoms with Gasteiger partial charge in [0.15, 0.2) is 0 Å². The van der Waals surface area contributed by atoms with Gasteiger partial charge in [0.2, 0.25) is 0 Å². The first-order chi connectivity index (χ1) is 12.3. The zero-order chi connectivity index (χ0) is 18.9. The molecule has 1 heterocycles. The molecule has 2 aliphatic rings. The molecule has 2 atom stereocenters. The molecule has 140 valence electrons. The number of carbonyl (C=O) groups excluding carboxylic acids is 2. The lowest BCUT2D eigenvalue weighted by atomic mass is 9.81. The summed E-state index contributed by atoms with van der Waals surface area (Å²) in [6, 6.07) is 6.90. The highest BCUT2D eigenvalue weighted by Gasteiger charge is 2.55. The van der Waals surface area contributed by atoms with Crippen molar-refractivity contribution < 1.29 is 19.5 Å². The molecule has 0 aromatic heterocycles. The summed E-state index contributed by atoms with van der Waals surface area (Å²) in [5, 5.41) is 12.5. The number of likely N-dealkylation sites (tertiary alicyclic amines) is 1. The number of carboxylic acid groups (broad SMARTS) is 1. The predicted octanol–water partition coefficient (Wildman–Crippen LogP) is 1.78. The van der Waals surface area contributed by atoms with Crippen LogP contribution in [0.2, 0.25) is 0 Å². The Kier molecular flexibility index (Phi) is 4.89. The average molecular weight is 359 g/mol. The van der Waals surface area contributed by atoms with E-state index in [0.29, 0.717) is 25.1 Å². The highest BCUT2D eigenvalue weighted by molar-refractivity contribution is 5.94. The minimum atomic E-state index is -0.787. The van der Waals surface area contributed by atoms with Gasteiger partial charge in [-0.25, -0.2) is 4.79 Å². The number of nitrogens with zero attached hydrogens (tertiary/aromatic N) is 2. The SMILES string of the molecule is CN(C)C(=O)c1cccc(CNC(=O)N2C[C@@H]3CCC[C@@]3(C(=O)O)C2)c1. The monoisotopic (exact) mass is 359 g/mol. The second kappa shape index (κ2) is 6.97. The summed E-state index contributed by atoms with van der Waals surface area (Å²) in [4.78, 5) is 39.4. The van der Waals surface area contributed by atoms with Gasteiger partial charge in [-0.1, -0.05) is 18.6 Å². The number of amides is 3. The summed E-state index contributed by atoms with van der Waals surface area (Å²) in [5.74, 6) is -0.828. The van der Waals surface area contributed by atoms with Crippen LogP contribution in [-0.2, 0) is 11.3 Å². The number of urea groups is 1. The van der Waals surface area contributed by atoms with E-state index in [-0.39, 0.29) is 24.4 Å². The van der Waals surface area contributed by atoms with Gasteiger partial charge in [0.25, 0.3) is 5.91 Å². The Morgan fingerprint density at radius 1 is 1.35 bits per heavy atom. The Morgan fingerprint density at radius 2 is 2.12 bits per heavy atom. The van der Waals surface area contributed by atoms with E-state index in [9.17, 15) is 19.5 Å². The van der Waals surface area contributed by atoms with Crippen LogP contribution >= 0.6 is 0 Å². The van der Waals surface area contributed by atoms with Gasteiger partial charge in [0.05, 0.1) is 5.41 Å². The van der Waals surface area contributed by atoms with Crippen LogP contribution in [0.15, 0.2) is 24.3 Å². The molecule has 3 rings (SSSR count). The maximum absolute atomic E-state index is 12.5. The lowest BCUT2D eigenvalue weighted by Gasteiger charge is -2.23. The third-order valence-corrected chi connectivity index (χ3v) is 5.61. The summed E-state index contributed by atoms with van der Waals surface area (Å²) < 4.78 is 0. The molecule has 0 bridgehead atoms. The van der Waals surface area contributed by atoms with E-state index in [1.807, 2.05) is 6.07 Å². The van der Waals surface area contributed by atoms with Gasteiger partial charge in [-0.2, -0.15) is 0 Å². The first kappa shape index (κ1) is 18.2. The molecule has 1 aliphatic heterocycles. The van der Waals surface area contributed by atoms with Crippen molar-refractivity contribution in [2.45, 2.75) is 25.8 Å². The number of hydrogen-bond donors (Lipinski definition) is 2. The lowest BCUT2D eigenvalue weighted by Crippen LogP contribution is -2.41. The molecule has 26 heavy (non-hydrogen) atoms. The summed E-state index contributed by atoms with van der Waals surface area (Å²) in [6.45, 7) is 1.07. The molecule has 2 N–H and O–H groups in total. The molecular weight excluding hydrogens is 334 g/mol. The average Bonchev–Trinajstić information content (AvgIpc) is 3.17. The number of carbonyl (C=O) groups is 3. The van der Waals surface area contributed by atoms with Crippen molar-refractivity contribution in [3.63, 3.8) is 0 Å². The molecule has 1 aromatic rings. The Balaban J connectivity index is 1.61. The highest BCUT2D eigenvalue weighted by Crippen LogP contribution is 2.48. The zero-order valence-electron chi connectivity index (χ0n) is 15.2. The maximum atomic E-state index is 12.5. The number of nitrogens with one attached hydrogen (secondary N) is 1. The molecule has 0 spiro atoms.